The topological polar surface area (TPSA) is 60.4 Å². The number of esters is 1. The van der Waals surface area contributed by atoms with Crippen LogP contribution in [0.15, 0.2) is 41.0 Å². The molecule has 0 amide bonds. The SMILES string of the molecule is CC/C(=C\CS(=O)(=O)c1ccc(C)cc1)OC(C)=O. The van der Waals surface area contributed by atoms with Gasteiger partial charge < -0.3 is 4.74 Å². The number of benzene rings is 1. The lowest BCUT2D eigenvalue weighted by Crippen LogP contribution is -2.07. The molecule has 4 nitrogen and oxygen atoms in total. The number of hydrogen-bond donors (Lipinski definition) is 0. The van der Waals surface area contributed by atoms with Gasteiger partial charge in [-0.3, -0.25) is 4.79 Å². The van der Waals surface area contributed by atoms with Crippen LogP contribution in [0, 0.1) is 6.92 Å². The van der Waals surface area contributed by atoms with Crippen LogP contribution >= 0.6 is 0 Å². The minimum Gasteiger partial charge on any atom is -0.432 e. The predicted octanol–water partition coefficient (Wildman–Crippen LogP) is 2.63. The molecule has 0 fully saturated rings. The molecule has 0 aromatic heterocycles. The molecule has 0 aliphatic carbocycles. The summed E-state index contributed by atoms with van der Waals surface area (Å²) in [5.41, 5.74) is 1.00. The molecule has 104 valence electrons. The number of hydrogen-bond acceptors (Lipinski definition) is 4. The standard InChI is InChI=1S/C14H18O4S/c1-4-13(18-12(3)15)9-10-19(16,17)14-7-5-11(2)6-8-14/h5-9H,4,10H2,1-3H3/b13-9+. The first-order chi connectivity index (χ1) is 8.85. The van der Waals surface area contributed by atoms with Gasteiger partial charge in [0, 0.05) is 13.3 Å². The van der Waals surface area contributed by atoms with Gasteiger partial charge in [-0.25, -0.2) is 8.42 Å². The fraction of sp³-hybridized carbons (Fsp3) is 0.357. The van der Waals surface area contributed by atoms with Crippen LogP contribution in [0.25, 0.3) is 0 Å². The van der Waals surface area contributed by atoms with Crippen molar-refractivity contribution in [1.82, 2.24) is 0 Å². The Morgan fingerprint density at radius 3 is 2.32 bits per heavy atom. The number of carbonyl (C=O) groups excluding carboxylic acids is 1. The lowest BCUT2D eigenvalue weighted by atomic mass is 10.2. The van der Waals surface area contributed by atoms with E-state index >= 15 is 0 Å². The molecule has 1 rings (SSSR count). The highest BCUT2D eigenvalue weighted by Gasteiger charge is 2.13. The van der Waals surface area contributed by atoms with Crippen LogP contribution in [0.4, 0.5) is 0 Å². The van der Waals surface area contributed by atoms with Gasteiger partial charge in [0.1, 0.15) is 5.76 Å². The third kappa shape index (κ3) is 4.87. The Kier molecular flexibility index (Phi) is 5.30. The van der Waals surface area contributed by atoms with Gasteiger partial charge in [0.25, 0.3) is 0 Å². The Morgan fingerprint density at radius 1 is 1.26 bits per heavy atom. The number of carbonyl (C=O) groups is 1. The molecule has 0 aliphatic heterocycles. The summed E-state index contributed by atoms with van der Waals surface area (Å²) in [6, 6.07) is 6.67. The maximum atomic E-state index is 12.1. The van der Waals surface area contributed by atoms with E-state index < -0.39 is 15.8 Å². The fourth-order valence-corrected chi connectivity index (χ4v) is 2.64. The molecule has 5 heteroatoms. The average Bonchev–Trinajstić information content (AvgIpc) is 2.34. The van der Waals surface area contributed by atoms with Crippen molar-refractivity contribution in [2.24, 2.45) is 0 Å². The smallest absolute Gasteiger partial charge is 0.307 e. The molecule has 0 unspecified atom stereocenters. The summed E-state index contributed by atoms with van der Waals surface area (Å²) < 4.78 is 29.0. The summed E-state index contributed by atoms with van der Waals surface area (Å²) in [6.45, 7) is 4.98. The van der Waals surface area contributed by atoms with E-state index in [2.05, 4.69) is 0 Å². The maximum Gasteiger partial charge on any atom is 0.307 e. The summed E-state index contributed by atoms with van der Waals surface area (Å²) in [4.78, 5) is 11.1. The normalized spacial score (nSPS) is 12.3. The summed E-state index contributed by atoms with van der Waals surface area (Å²) in [5, 5.41) is 0. The van der Waals surface area contributed by atoms with Gasteiger partial charge in [0.2, 0.25) is 0 Å². The Labute approximate surface area is 114 Å². The summed E-state index contributed by atoms with van der Waals surface area (Å²) in [7, 11) is -3.39. The van der Waals surface area contributed by atoms with Crippen LogP contribution in [0.3, 0.4) is 0 Å². The van der Waals surface area contributed by atoms with E-state index in [0.29, 0.717) is 12.2 Å². The van der Waals surface area contributed by atoms with Crippen LogP contribution in [0.2, 0.25) is 0 Å². The number of rotatable bonds is 5. The van der Waals surface area contributed by atoms with Crippen molar-refractivity contribution >= 4 is 15.8 Å². The molecule has 1 aromatic rings. The molecule has 0 aliphatic rings. The zero-order chi connectivity index (χ0) is 14.5. The average molecular weight is 282 g/mol. The Bertz CT molecular complexity index is 568. The van der Waals surface area contributed by atoms with Gasteiger partial charge >= 0.3 is 5.97 Å². The third-order valence-electron chi connectivity index (χ3n) is 2.53. The summed E-state index contributed by atoms with van der Waals surface area (Å²) in [6.07, 6.45) is 1.92. The van der Waals surface area contributed by atoms with E-state index in [9.17, 15) is 13.2 Å². The molecule has 19 heavy (non-hydrogen) atoms. The largest absolute Gasteiger partial charge is 0.432 e. The number of aryl methyl sites for hydroxylation is 1. The van der Waals surface area contributed by atoms with Crippen LogP contribution in [-0.2, 0) is 19.4 Å². The first-order valence-corrected chi connectivity index (χ1v) is 7.67. The highest BCUT2D eigenvalue weighted by molar-refractivity contribution is 7.91. The van der Waals surface area contributed by atoms with Crippen molar-refractivity contribution in [3.05, 3.63) is 41.7 Å². The monoisotopic (exact) mass is 282 g/mol. The second-order valence-electron chi connectivity index (χ2n) is 4.21. The molecular weight excluding hydrogens is 264 g/mol. The van der Waals surface area contributed by atoms with Crippen LogP contribution in [0.5, 0.6) is 0 Å². The van der Waals surface area contributed by atoms with E-state index in [1.54, 1.807) is 31.2 Å². The minimum absolute atomic E-state index is 0.174. The van der Waals surface area contributed by atoms with E-state index in [1.165, 1.54) is 13.0 Å². The zero-order valence-corrected chi connectivity index (χ0v) is 12.2. The van der Waals surface area contributed by atoms with E-state index in [-0.39, 0.29) is 10.6 Å². The lowest BCUT2D eigenvalue weighted by Gasteiger charge is -2.05. The van der Waals surface area contributed by atoms with Crippen LogP contribution in [0.1, 0.15) is 25.8 Å². The number of ether oxygens (including phenoxy) is 1. The summed E-state index contributed by atoms with van der Waals surface area (Å²) in [5.74, 6) is -0.240. The zero-order valence-electron chi connectivity index (χ0n) is 11.3. The van der Waals surface area contributed by atoms with Gasteiger partial charge in [-0.1, -0.05) is 24.6 Å². The molecule has 0 saturated heterocycles. The third-order valence-corrected chi connectivity index (χ3v) is 4.13. The van der Waals surface area contributed by atoms with Gasteiger partial charge in [-0.05, 0) is 25.1 Å². The lowest BCUT2D eigenvalue weighted by molar-refractivity contribution is -0.137. The van der Waals surface area contributed by atoms with Crippen LogP contribution < -0.4 is 0 Å². The molecule has 0 N–H and O–H groups in total. The predicted molar refractivity (Wildman–Crippen MR) is 73.4 cm³/mol. The van der Waals surface area contributed by atoms with Gasteiger partial charge in [-0.15, -0.1) is 0 Å². The molecule has 0 bridgehead atoms. The molecular formula is C14H18O4S. The van der Waals surface area contributed by atoms with Crippen molar-refractivity contribution in [3.63, 3.8) is 0 Å². The van der Waals surface area contributed by atoms with Gasteiger partial charge in [-0.2, -0.15) is 0 Å². The van der Waals surface area contributed by atoms with Crippen molar-refractivity contribution in [2.45, 2.75) is 32.1 Å². The van der Waals surface area contributed by atoms with E-state index in [1.807, 2.05) is 6.92 Å². The Balaban J connectivity index is 2.88. The minimum atomic E-state index is -3.39. The molecule has 0 spiro atoms. The highest BCUT2D eigenvalue weighted by atomic mass is 32.2. The van der Waals surface area contributed by atoms with Gasteiger partial charge in [0.05, 0.1) is 10.6 Å². The molecule has 0 atom stereocenters. The van der Waals surface area contributed by atoms with E-state index in [4.69, 9.17) is 4.74 Å². The first kappa shape index (κ1) is 15.4. The number of allylic oxidation sites excluding steroid dienone is 1. The molecule has 0 saturated carbocycles. The quantitative estimate of drug-likeness (QED) is 0.615. The van der Waals surface area contributed by atoms with Crippen molar-refractivity contribution < 1.29 is 17.9 Å². The number of sulfone groups is 1. The molecule has 0 radical (unpaired) electrons. The maximum absolute atomic E-state index is 12.1. The van der Waals surface area contributed by atoms with Gasteiger partial charge in [0.15, 0.2) is 9.84 Å². The first-order valence-electron chi connectivity index (χ1n) is 6.02. The summed E-state index contributed by atoms with van der Waals surface area (Å²) >= 11 is 0. The van der Waals surface area contributed by atoms with Crippen molar-refractivity contribution in [1.29, 1.82) is 0 Å². The Hall–Kier alpha value is -1.62. The fourth-order valence-electron chi connectivity index (χ4n) is 1.49. The Morgan fingerprint density at radius 2 is 1.84 bits per heavy atom. The molecule has 1 aromatic carbocycles. The highest BCUT2D eigenvalue weighted by Crippen LogP contribution is 2.14. The molecule has 0 heterocycles. The second-order valence-corrected chi connectivity index (χ2v) is 6.25. The van der Waals surface area contributed by atoms with E-state index in [0.717, 1.165) is 5.56 Å². The second kappa shape index (κ2) is 6.52. The van der Waals surface area contributed by atoms with Crippen molar-refractivity contribution in [3.8, 4) is 0 Å². The van der Waals surface area contributed by atoms with Crippen LogP contribution in [-0.4, -0.2) is 20.1 Å². The van der Waals surface area contributed by atoms with Crippen molar-refractivity contribution in [2.75, 3.05) is 5.75 Å².